The number of pyridine rings is 1. The molecule has 0 saturated carbocycles. The Hall–Kier alpha value is -2.89. The van der Waals surface area contributed by atoms with E-state index in [-0.39, 0.29) is 45.9 Å². The monoisotopic (exact) mass is 529 g/mol. The number of nitrogens with zero attached hydrogens (tertiary/aromatic N) is 1. The maximum Gasteiger partial charge on any atom is 0.252 e. The lowest BCUT2D eigenvalue weighted by molar-refractivity contribution is 0.0997. The number of hydrogen-bond donors (Lipinski definition) is 4. The molecule has 0 aliphatic heterocycles. The van der Waals surface area contributed by atoms with E-state index in [2.05, 4.69) is 10.3 Å². The fraction of sp³-hybridized carbons (Fsp3) is 0.182. The number of primary amides is 1. The first-order valence-corrected chi connectivity index (χ1v) is 11.2. The van der Waals surface area contributed by atoms with E-state index in [1.807, 2.05) is 0 Å². The molecule has 1 heterocycles. The zero-order chi connectivity index (χ0) is 23.1. The van der Waals surface area contributed by atoms with Gasteiger partial charge in [0.25, 0.3) is 5.91 Å². The third-order valence-electron chi connectivity index (χ3n) is 4.63. The normalized spacial score (nSPS) is 11.6. The van der Waals surface area contributed by atoms with Gasteiger partial charge in [0.1, 0.15) is 18.1 Å². The third-order valence-corrected chi connectivity index (χ3v) is 6.40. The van der Waals surface area contributed by atoms with Gasteiger partial charge >= 0.3 is 0 Å². The minimum Gasteiger partial charge on any atom is -0.507 e. The van der Waals surface area contributed by atoms with Crippen molar-refractivity contribution in [3.8, 4) is 11.5 Å². The number of nitrogens with two attached hydrogens (primary N) is 1. The summed E-state index contributed by atoms with van der Waals surface area (Å²) in [5, 5.41) is 22.8. The fourth-order valence-electron chi connectivity index (χ4n) is 2.90. The average Bonchev–Trinajstić information content (AvgIpc) is 2.79. The number of aliphatic hydroxyl groups is 1. The van der Waals surface area contributed by atoms with Crippen LogP contribution in [0.1, 0.15) is 22.0 Å². The maximum absolute atomic E-state index is 12.8. The number of ether oxygens (including phenoxy) is 1. The number of halogens is 2. The van der Waals surface area contributed by atoms with Crippen LogP contribution in [0.15, 0.2) is 76.8 Å². The van der Waals surface area contributed by atoms with E-state index in [1.54, 1.807) is 24.5 Å². The highest BCUT2D eigenvalue weighted by molar-refractivity contribution is 7.91. The van der Waals surface area contributed by atoms with Gasteiger partial charge in [-0.15, -0.1) is 24.8 Å². The second-order valence-electron chi connectivity index (χ2n) is 6.87. The smallest absolute Gasteiger partial charge is 0.252 e. The molecule has 184 valence electrons. The molecule has 5 N–H and O–H groups in total. The van der Waals surface area contributed by atoms with Gasteiger partial charge in [-0.25, -0.2) is 8.42 Å². The molecule has 1 amide bonds. The van der Waals surface area contributed by atoms with Gasteiger partial charge in [-0.2, -0.15) is 0 Å². The Bertz CT molecular complexity index is 1180. The van der Waals surface area contributed by atoms with Crippen LogP contribution in [-0.4, -0.2) is 49.2 Å². The van der Waals surface area contributed by atoms with Crippen molar-refractivity contribution in [1.29, 1.82) is 0 Å². The Morgan fingerprint density at radius 1 is 1.09 bits per heavy atom. The Balaban J connectivity index is 0.00000289. The minimum atomic E-state index is -3.91. The first-order chi connectivity index (χ1) is 15.3. The number of rotatable bonds is 10. The highest BCUT2D eigenvalue weighted by Gasteiger charge is 2.20. The minimum absolute atomic E-state index is 0. The molecule has 9 nitrogen and oxygen atoms in total. The number of aromatic hydroxyl groups is 1. The van der Waals surface area contributed by atoms with Crippen molar-refractivity contribution in [3.63, 3.8) is 0 Å². The van der Waals surface area contributed by atoms with Gasteiger partial charge in [-0.3, -0.25) is 9.78 Å². The molecule has 0 aliphatic rings. The molecule has 0 spiro atoms. The number of carbonyl (C=O) groups is 1. The SMILES string of the molecule is Cl.Cl.NC(=O)c1cc(S(=O)(=O)c2ccc(OCCNC[C@H](O)c3cccnc3)cc2)ccc1O. The van der Waals surface area contributed by atoms with Crippen LogP contribution in [0.4, 0.5) is 0 Å². The molecule has 0 fully saturated rings. The van der Waals surface area contributed by atoms with Crippen LogP contribution in [0.3, 0.4) is 0 Å². The lowest BCUT2D eigenvalue weighted by Crippen LogP contribution is -2.26. The van der Waals surface area contributed by atoms with Gasteiger partial charge in [0.05, 0.1) is 21.5 Å². The molecule has 0 bridgehead atoms. The standard InChI is InChI=1S/C22H23N3O6S.2ClH/c23-22(28)19-12-18(7-8-20(19)26)32(29,30)17-5-3-16(4-6-17)31-11-10-25-14-21(27)15-2-1-9-24-13-15;;/h1-9,12-13,21,25-27H,10-11,14H2,(H2,23,28);2*1H/t21-;;/m0../s1. The van der Waals surface area contributed by atoms with Crippen molar-refractivity contribution in [2.45, 2.75) is 15.9 Å². The zero-order valence-electron chi connectivity index (χ0n) is 17.8. The van der Waals surface area contributed by atoms with Gasteiger partial charge in [0.2, 0.25) is 9.84 Å². The molecule has 2 aromatic carbocycles. The summed E-state index contributed by atoms with van der Waals surface area (Å²) >= 11 is 0. The summed E-state index contributed by atoms with van der Waals surface area (Å²) in [5.74, 6) is -0.839. The van der Waals surface area contributed by atoms with Crippen LogP contribution in [0.2, 0.25) is 0 Å². The Labute approximate surface area is 209 Å². The molecular formula is C22H25Cl2N3O6S. The van der Waals surface area contributed by atoms with Crippen molar-refractivity contribution in [1.82, 2.24) is 10.3 Å². The largest absolute Gasteiger partial charge is 0.507 e. The topological polar surface area (TPSA) is 152 Å². The van der Waals surface area contributed by atoms with Crippen molar-refractivity contribution >= 4 is 40.6 Å². The molecule has 34 heavy (non-hydrogen) atoms. The summed E-state index contributed by atoms with van der Waals surface area (Å²) in [6.07, 6.45) is 2.56. The molecule has 3 aromatic rings. The lowest BCUT2D eigenvalue weighted by Gasteiger charge is -2.12. The first kappa shape index (κ1) is 29.1. The van der Waals surface area contributed by atoms with E-state index in [1.165, 1.54) is 30.3 Å². The van der Waals surface area contributed by atoms with Gasteiger partial charge in [0.15, 0.2) is 0 Å². The van der Waals surface area contributed by atoms with Crippen LogP contribution in [0.5, 0.6) is 11.5 Å². The number of nitrogens with one attached hydrogen (secondary N) is 1. The number of phenols is 1. The molecule has 0 saturated heterocycles. The molecule has 0 aliphatic carbocycles. The highest BCUT2D eigenvalue weighted by Crippen LogP contribution is 2.27. The lowest BCUT2D eigenvalue weighted by atomic mass is 10.1. The van der Waals surface area contributed by atoms with Crippen LogP contribution >= 0.6 is 24.8 Å². The van der Waals surface area contributed by atoms with E-state index in [0.29, 0.717) is 31.0 Å². The Kier molecular flexibility index (Phi) is 11.2. The van der Waals surface area contributed by atoms with Crippen LogP contribution in [0, 0.1) is 0 Å². The van der Waals surface area contributed by atoms with Crippen LogP contribution < -0.4 is 15.8 Å². The number of aliphatic hydroxyl groups excluding tert-OH is 1. The quantitative estimate of drug-likeness (QED) is 0.292. The fourth-order valence-corrected chi connectivity index (χ4v) is 4.19. The number of amides is 1. The zero-order valence-corrected chi connectivity index (χ0v) is 20.3. The van der Waals surface area contributed by atoms with E-state index in [0.717, 1.165) is 12.1 Å². The number of aromatic nitrogens is 1. The van der Waals surface area contributed by atoms with Gasteiger partial charge in [-0.1, -0.05) is 6.07 Å². The second-order valence-corrected chi connectivity index (χ2v) is 8.82. The summed E-state index contributed by atoms with van der Waals surface area (Å²) in [6.45, 7) is 1.12. The molecule has 1 atom stereocenters. The van der Waals surface area contributed by atoms with Crippen molar-refractivity contribution < 1.29 is 28.2 Å². The van der Waals surface area contributed by atoms with Crippen molar-refractivity contribution in [2.75, 3.05) is 19.7 Å². The Morgan fingerprint density at radius 2 is 1.76 bits per heavy atom. The van der Waals surface area contributed by atoms with E-state index in [4.69, 9.17) is 10.5 Å². The van der Waals surface area contributed by atoms with Gasteiger partial charge in [0, 0.05) is 31.0 Å². The van der Waals surface area contributed by atoms with Gasteiger partial charge < -0.3 is 26.0 Å². The molecule has 1 aromatic heterocycles. The molecule has 12 heteroatoms. The molecule has 0 unspecified atom stereocenters. The number of hydrogen-bond acceptors (Lipinski definition) is 8. The van der Waals surface area contributed by atoms with Crippen molar-refractivity contribution in [2.24, 2.45) is 5.73 Å². The first-order valence-electron chi connectivity index (χ1n) is 9.68. The Morgan fingerprint density at radius 3 is 2.38 bits per heavy atom. The molecular weight excluding hydrogens is 505 g/mol. The molecule has 0 radical (unpaired) electrons. The summed E-state index contributed by atoms with van der Waals surface area (Å²) in [5.41, 5.74) is 5.61. The summed E-state index contributed by atoms with van der Waals surface area (Å²) < 4.78 is 31.2. The van der Waals surface area contributed by atoms with Gasteiger partial charge in [-0.05, 0) is 48.5 Å². The van der Waals surface area contributed by atoms with E-state index in [9.17, 15) is 23.4 Å². The average molecular weight is 530 g/mol. The summed E-state index contributed by atoms with van der Waals surface area (Å²) in [4.78, 5) is 15.2. The predicted octanol–water partition coefficient (Wildman–Crippen LogP) is 2.26. The van der Waals surface area contributed by atoms with E-state index < -0.39 is 21.8 Å². The summed E-state index contributed by atoms with van der Waals surface area (Å²) in [7, 11) is -3.91. The second kappa shape index (κ2) is 13.1. The van der Waals surface area contributed by atoms with Crippen LogP contribution in [0.25, 0.3) is 0 Å². The van der Waals surface area contributed by atoms with Crippen molar-refractivity contribution in [3.05, 3.63) is 78.1 Å². The molecule has 3 rings (SSSR count). The maximum atomic E-state index is 12.8. The summed E-state index contributed by atoms with van der Waals surface area (Å²) in [6, 6.07) is 12.7. The predicted molar refractivity (Wildman–Crippen MR) is 131 cm³/mol. The van der Waals surface area contributed by atoms with E-state index >= 15 is 0 Å². The number of benzene rings is 2. The number of sulfone groups is 1. The third kappa shape index (κ3) is 7.31. The highest BCUT2D eigenvalue weighted by atomic mass is 35.5. The van der Waals surface area contributed by atoms with Crippen LogP contribution in [-0.2, 0) is 9.84 Å². The number of carbonyl (C=O) groups excluding carboxylic acids is 1.